The molecule has 0 unspecified atom stereocenters. The second-order valence-electron chi connectivity index (χ2n) is 4.12. The molecular weight excluding hydrogens is 339 g/mol. The van der Waals surface area contributed by atoms with E-state index >= 15 is 0 Å². The Labute approximate surface area is 150 Å². The van der Waals surface area contributed by atoms with Gasteiger partial charge in [0.15, 0.2) is 0 Å². The second kappa shape index (κ2) is 22.1. The number of rotatable bonds is 4. The Bertz CT molecular complexity index is 283. The van der Waals surface area contributed by atoms with Crippen molar-refractivity contribution < 1.29 is 36.4 Å². The Hall–Kier alpha value is -0.237. The monoisotopic (exact) mass is 366 g/mol. The van der Waals surface area contributed by atoms with E-state index < -0.39 is 0 Å². The van der Waals surface area contributed by atoms with Crippen molar-refractivity contribution in [1.29, 1.82) is 0 Å². The van der Waals surface area contributed by atoms with Gasteiger partial charge in [-0.1, -0.05) is 39.5 Å². The molecule has 0 bridgehead atoms. The SMILES string of the molecule is CCCC1=[C-]CC=C1.CCCC1=[C-]CC=C1.C[O-].C[O-].[Zr+4]. The van der Waals surface area contributed by atoms with Crippen molar-refractivity contribution in [1.82, 2.24) is 0 Å². The first-order chi connectivity index (χ1) is 9.86. The molecule has 0 aromatic rings. The maximum absolute atomic E-state index is 8.25. The molecule has 0 atom stereocenters. The summed E-state index contributed by atoms with van der Waals surface area (Å²) in [6.45, 7) is 4.39. The van der Waals surface area contributed by atoms with Crippen LogP contribution in [0.3, 0.4) is 0 Å². The molecule has 2 rings (SSSR count). The zero-order valence-electron chi connectivity index (χ0n) is 13.9. The van der Waals surface area contributed by atoms with Gasteiger partial charge in [-0.3, -0.25) is 12.2 Å². The molecular formula is C18H28O2Zr. The molecule has 0 saturated carbocycles. The third-order valence-corrected chi connectivity index (χ3v) is 2.57. The van der Waals surface area contributed by atoms with Crippen LogP contribution >= 0.6 is 0 Å². The van der Waals surface area contributed by atoms with Gasteiger partial charge in [0.05, 0.1) is 0 Å². The molecule has 2 aliphatic rings. The van der Waals surface area contributed by atoms with Crippen LogP contribution in [0.4, 0.5) is 0 Å². The van der Waals surface area contributed by atoms with Gasteiger partial charge in [-0.25, -0.2) is 23.3 Å². The Morgan fingerprint density at radius 3 is 1.33 bits per heavy atom. The fraction of sp³-hybridized carbons (Fsp3) is 0.556. The molecule has 3 heteroatoms. The van der Waals surface area contributed by atoms with Crippen molar-refractivity contribution in [2.75, 3.05) is 14.2 Å². The fourth-order valence-corrected chi connectivity index (χ4v) is 1.78. The average molecular weight is 368 g/mol. The zero-order chi connectivity index (χ0) is 15.6. The number of hydrogen-bond acceptors (Lipinski definition) is 2. The Morgan fingerprint density at radius 2 is 1.14 bits per heavy atom. The average Bonchev–Trinajstić information content (AvgIpc) is 3.19. The van der Waals surface area contributed by atoms with Crippen molar-refractivity contribution >= 4 is 0 Å². The molecule has 0 heterocycles. The predicted molar refractivity (Wildman–Crippen MR) is 82.7 cm³/mol. The van der Waals surface area contributed by atoms with Crippen molar-refractivity contribution in [3.05, 3.63) is 47.6 Å². The van der Waals surface area contributed by atoms with Crippen LogP contribution in [-0.2, 0) is 26.2 Å². The minimum atomic E-state index is 0. The van der Waals surface area contributed by atoms with Crippen molar-refractivity contribution in [2.24, 2.45) is 0 Å². The normalized spacial score (nSPS) is 13.4. The standard InChI is InChI=1S/2C8H11.2CH3O.Zr/c2*1-2-5-8-6-3-4-7-8;2*1-2;/h2*3,6H,2,4-5H2,1H3;2*1H3;/q4*-1;+4. The van der Waals surface area contributed by atoms with Gasteiger partial charge in [-0.2, -0.15) is 26.4 Å². The molecule has 0 amide bonds. The molecule has 0 spiro atoms. The molecule has 2 nitrogen and oxygen atoms in total. The molecule has 0 fully saturated rings. The molecule has 2 aliphatic carbocycles. The summed E-state index contributed by atoms with van der Waals surface area (Å²) in [4.78, 5) is 0. The minimum absolute atomic E-state index is 0. The third kappa shape index (κ3) is 16.0. The Kier molecular flexibility index (Phi) is 27.0. The van der Waals surface area contributed by atoms with Crippen molar-refractivity contribution in [3.63, 3.8) is 0 Å². The zero-order valence-corrected chi connectivity index (χ0v) is 16.3. The van der Waals surface area contributed by atoms with Gasteiger partial charge in [0.1, 0.15) is 0 Å². The van der Waals surface area contributed by atoms with Gasteiger partial charge < -0.3 is 10.2 Å². The molecule has 0 aromatic carbocycles. The smallest absolute Gasteiger partial charge is 0.857 e. The first-order valence-electron chi connectivity index (χ1n) is 7.21. The molecule has 116 valence electrons. The van der Waals surface area contributed by atoms with Crippen LogP contribution < -0.4 is 10.2 Å². The molecule has 21 heavy (non-hydrogen) atoms. The van der Waals surface area contributed by atoms with E-state index in [-0.39, 0.29) is 26.2 Å². The quantitative estimate of drug-likeness (QED) is 0.717. The van der Waals surface area contributed by atoms with E-state index in [0.717, 1.165) is 27.1 Å². The predicted octanol–water partition coefficient (Wildman–Crippen LogP) is 2.90. The molecule has 0 aromatic heterocycles. The first kappa shape index (κ1) is 25.7. The summed E-state index contributed by atoms with van der Waals surface area (Å²) in [5.41, 5.74) is 2.79. The van der Waals surface area contributed by atoms with Crippen LogP contribution in [0.15, 0.2) is 35.5 Å². The van der Waals surface area contributed by atoms with Crippen LogP contribution in [0.5, 0.6) is 0 Å². The van der Waals surface area contributed by atoms with E-state index in [4.69, 9.17) is 10.2 Å². The summed E-state index contributed by atoms with van der Waals surface area (Å²) in [5, 5.41) is 16.5. The van der Waals surface area contributed by atoms with Gasteiger partial charge in [-0.05, 0) is 0 Å². The van der Waals surface area contributed by atoms with E-state index in [1.165, 1.54) is 36.8 Å². The summed E-state index contributed by atoms with van der Waals surface area (Å²) >= 11 is 0. The number of hydrogen-bond donors (Lipinski definition) is 0. The maximum atomic E-state index is 8.25. The van der Waals surface area contributed by atoms with Crippen LogP contribution in [0.1, 0.15) is 52.4 Å². The van der Waals surface area contributed by atoms with E-state index in [0.29, 0.717) is 0 Å². The summed E-state index contributed by atoms with van der Waals surface area (Å²) < 4.78 is 0. The van der Waals surface area contributed by atoms with Crippen LogP contribution in [0.2, 0.25) is 0 Å². The molecule has 0 radical (unpaired) electrons. The maximum Gasteiger partial charge on any atom is 4.00 e. The summed E-state index contributed by atoms with van der Waals surface area (Å²) in [6.07, 6.45) is 22.2. The minimum Gasteiger partial charge on any atom is -0.857 e. The van der Waals surface area contributed by atoms with E-state index in [9.17, 15) is 0 Å². The van der Waals surface area contributed by atoms with E-state index in [1.807, 2.05) is 0 Å². The van der Waals surface area contributed by atoms with E-state index in [1.54, 1.807) is 0 Å². The van der Waals surface area contributed by atoms with E-state index in [2.05, 4.69) is 50.3 Å². The molecule has 0 N–H and O–H groups in total. The van der Waals surface area contributed by atoms with Crippen molar-refractivity contribution in [3.8, 4) is 0 Å². The van der Waals surface area contributed by atoms with Crippen molar-refractivity contribution in [2.45, 2.75) is 52.4 Å². The Balaban J connectivity index is -0.000000240. The summed E-state index contributed by atoms with van der Waals surface area (Å²) in [6, 6.07) is 0. The van der Waals surface area contributed by atoms with Gasteiger partial charge in [-0.15, -0.1) is 12.8 Å². The number of allylic oxidation sites excluding steroid dienone is 8. The Morgan fingerprint density at radius 1 is 0.810 bits per heavy atom. The van der Waals surface area contributed by atoms with Gasteiger partial charge in [0, 0.05) is 0 Å². The van der Waals surface area contributed by atoms with Gasteiger partial charge in [0.2, 0.25) is 0 Å². The van der Waals surface area contributed by atoms with Crippen LogP contribution in [0, 0.1) is 12.2 Å². The van der Waals surface area contributed by atoms with Gasteiger partial charge >= 0.3 is 26.2 Å². The topological polar surface area (TPSA) is 46.1 Å². The first-order valence-corrected chi connectivity index (χ1v) is 7.21. The summed E-state index contributed by atoms with van der Waals surface area (Å²) in [5.74, 6) is 0. The fourth-order valence-electron chi connectivity index (χ4n) is 1.78. The molecule has 0 saturated heterocycles. The van der Waals surface area contributed by atoms with Gasteiger partial charge in [0.25, 0.3) is 0 Å². The molecule has 0 aliphatic heterocycles. The summed E-state index contributed by atoms with van der Waals surface area (Å²) in [7, 11) is 1.50. The van der Waals surface area contributed by atoms with Crippen LogP contribution in [0.25, 0.3) is 0 Å². The largest absolute Gasteiger partial charge is 4.00 e. The third-order valence-electron chi connectivity index (χ3n) is 2.57. The second-order valence-corrected chi connectivity index (χ2v) is 4.12. The van der Waals surface area contributed by atoms with Crippen LogP contribution in [-0.4, -0.2) is 14.2 Å².